The third-order valence-corrected chi connectivity index (χ3v) is 7.40. The lowest BCUT2D eigenvalue weighted by molar-refractivity contribution is -0.123. The molecule has 0 bridgehead atoms. The number of benzene rings is 3. The highest BCUT2D eigenvalue weighted by atomic mass is 35.5. The minimum Gasteiger partial charge on any atom is -0.358 e. The van der Waals surface area contributed by atoms with Crippen LogP contribution in [0.25, 0.3) is 6.08 Å². The molecule has 0 radical (unpaired) electrons. The molecule has 5 nitrogen and oxygen atoms in total. The van der Waals surface area contributed by atoms with Crippen LogP contribution in [0.4, 0.5) is 5.69 Å². The highest BCUT2D eigenvalue weighted by Crippen LogP contribution is 2.53. The number of anilines is 1. The summed E-state index contributed by atoms with van der Waals surface area (Å²) in [5, 5.41) is 0.531. The SMILES string of the molecule is Cc1ccc(N2C(=O)[C@@H]3[C@H](C2=O)[C@H]2c4ccccc4C=CN2[C@H]3C(=O)c2ccc(Cl)cc2)cc1. The van der Waals surface area contributed by atoms with Crippen LogP contribution in [0.3, 0.4) is 0 Å². The highest BCUT2D eigenvalue weighted by Gasteiger charge is 2.64. The van der Waals surface area contributed by atoms with Gasteiger partial charge in [-0.2, -0.15) is 0 Å². The number of Topliss-reactive ketones (excluding diaryl/α,β-unsaturated/α-hetero) is 1. The van der Waals surface area contributed by atoms with Crippen LogP contribution in [0.1, 0.15) is 33.1 Å². The summed E-state index contributed by atoms with van der Waals surface area (Å²) in [7, 11) is 0. The smallest absolute Gasteiger partial charge is 0.240 e. The fourth-order valence-corrected chi connectivity index (χ4v) is 5.72. The number of ketones is 1. The van der Waals surface area contributed by atoms with Gasteiger partial charge in [-0.25, -0.2) is 4.90 Å². The first-order valence-electron chi connectivity index (χ1n) is 11.2. The lowest BCUT2D eigenvalue weighted by atomic mass is 9.83. The molecule has 2 fully saturated rings. The second-order valence-electron chi connectivity index (χ2n) is 9.05. The van der Waals surface area contributed by atoms with E-state index in [1.165, 1.54) is 4.90 Å². The molecule has 0 spiro atoms. The predicted molar refractivity (Wildman–Crippen MR) is 130 cm³/mol. The van der Waals surface area contributed by atoms with Crippen molar-refractivity contribution in [2.45, 2.75) is 19.0 Å². The number of carbonyl (C=O) groups excluding carboxylic acids is 3. The van der Waals surface area contributed by atoms with Crippen LogP contribution in [0.5, 0.6) is 0 Å². The molecule has 3 heterocycles. The minimum absolute atomic E-state index is 0.190. The molecule has 4 atom stereocenters. The van der Waals surface area contributed by atoms with Gasteiger partial charge in [0, 0.05) is 16.8 Å². The van der Waals surface area contributed by atoms with E-state index in [1.54, 1.807) is 36.4 Å². The average Bonchev–Trinajstić information content (AvgIpc) is 3.32. The van der Waals surface area contributed by atoms with Gasteiger partial charge >= 0.3 is 0 Å². The molecule has 3 aromatic rings. The fourth-order valence-electron chi connectivity index (χ4n) is 5.59. The second kappa shape index (κ2) is 7.67. The zero-order chi connectivity index (χ0) is 23.6. The van der Waals surface area contributed by atoms with E-state index in [1.807, 2.05) is 60.5 Å². The van der Waals surface area contributed by atoms with Gasteiger partial charge in [-0.3, -0.25) is 14.4 Å². The number of halogens is 1. The molecule has 6 heteroatoms. The van der Waals surface area contributed by atoms with Crippen molar-refractivity contribution in [3.05, 3.63) is 106 Å². The standard InChI is InChI=1S/C28H21ClN2O3/c1-16-6-12-20(13-7-16)31-27(33)22-23(28(31)34)25(26(32)18-8-10-19(29)11-9-18)30-15-14-17-4-2-3-5-21(17)24(22)30/h2-15,22-25H,1H3/t22-,23+,24+,25+/m0/s1. The Morgan fingerprint density at radius 1 is 0.853 bits per heavy atom. The first kappa shape index (κ1) is 20.9. The summed E-state index contributed by atoms with van der Waals surface area (Å²) in [6.45, 7) is 1.95. The molecule has 3 aromatic carbocycles. The Kier molecular flexibility index (Phi) is 4.71. The Balaban J connectivity index is 1.49. The topological polar surface area (TPSA) is 57.7 Å². The summed E-state index contributed by atoms with van der Waals surface area (Å²) >= 11 is 6.03. The summed E-state index contributed by atoms with van der Waals surface area (Å²) < 4.78 is 0. The molecule has 6 rings (SSSR count). The van der Waals surface area contributed by atoms with Crippen molar-refractivity contribution in [3.8, 4) is 0 Å². The largest absolute Gasteiger partial charge is 0.358 e. The van der Waals surface area contributed by atoms with Gasteiger partial charge in [-0.1, -0.05) is 53.6 Å². The number of aryl methyl sites for hydroxylation is 1. The maximum Gasteiger partial charge on any atom is 0.240 e. The Morgan fingerprint density at radius 3 is 2.26 bits per heavy atom. The molecule has 2 amide bonds. The van der Waals surface area contributed by atoms with Crippen LogP contribution in [0.15, 0.2) is 79.0 Å². The number of carbonyl (C=O) groups is 3. The van der Waals surface area contributed by atoms with Gasteiger partial charge in [0.05, 0.1) is 23.6 Å². The molecular weight excluding hydrogens is 448 g/mol. The van der Waals surface area contributed by atoms with E-state index in [2.05, 4.69) is 0 Å². The average molecular weight is 469 g/mol. The Labute approximate surface area is 202 Å². The van der Waals surface area contributed by atoms with Gasteiger partial charge in [0.15, 0.2) is 5.78 Å². The molecule has 0 aliphatic carbocycles. The zero-order valence-electron chi connectivity index (χ0n) is 18.4. The van der Waals surface area contributed by atoms with Crippen LogP contribution in [0.2, 0.25) is 5.02 Å². The van der Waals surface area contributed by atoms with Gasteiger partial charge in [0.2, 0.25) is 11.8 Å². The van der Waals surface area contributed by atoms with Gasteiger partial charge in [0.25, 0.3) is 0 Å². The molecule has 3 aliphatic heterocycles. The highest BCUT2D eigenvalue weighted by molar-refractivity contribution is 6.30. The number of imide groups is 1. The van der Waals surface area contributed by atoms with Crippen molar-refractivity contribution in [2.24, 2.45) is 11.8 Å². The molecule has 168 valence electrons. The Bertz CT molecular complexity index is 1360. The molecular formula is C28H21ClN2O3. The van der Waals surface area contributed by atoms with Gasteiger partial charge < -0.3 is 4.90 Å². The van der Waals surface area contributed by atoms with Crippen molar-refractivity contribution >= 4 is 41.0 Å². The predicted octanol–water partition coefficient (Wildman–Crippen LogP) is 5.05. The Morgan fingerprint density at radius 2 is 1.53 bits per heavy atom. The van der Waals surface area contributed by atoms with Crippen LogP contribution < -0.4 is 4.90 Å². The van der Waals surface area contributed by atoms with E-state index >= 15 is 0 Å². The van der Waals surface area contributed by atoms with Gasteiger partial charge in [-0.15, -0.1) is 0 Å². The van der Waals surface area contributed by atoms with Gasteiger partial charge in [-0.05, 0) is 60.5 Å². The van der Waals surface area contributed by atoms with E-state index in [4.69, 9.17) is 11.6 Å². The molecule has 34 heavy (non-hydrogen) atoms. The molecule has 0 N–H and O–H groups in total. The molecule has 0 saturated carbocycles. The summed E-state index contributed by atoms with van der Waals surface area (Å²) in [5.74, 6) is -2.21. The third kappa shape index (κ3) is 2.97. The van der Waals surface area contributed by atoms with E-state index in [0.29, 0.717) is 16.3 Å². The number of nitrogens with zero attached hydrogens (tertiary/aromatic N) is 2. The molecule has 0 unspecified atom stereocenters. The lowest BCUT2D eigenvalue weighted by Crippen LogP contribution is -2.44. The molecule has 2 saturated heterocycles. The third-order valence-electron chi connectivity index (χ3n) is 7.15. The number of amides is 2. The van der Waals surface area contributed by atoms with Crippen LogP contribution in [-0.2, 0) is 9.59 Å². The first-order valence-corrected chi connectivity index (χ1v) is 11.6. The summed E-state index contributed by atoms with van der Waals surface area (Å²) in [6.07, 6.45) is 3.81. The normalized spacial score (nSPS) is 24.8. The van der Waals surface area contributed by atoms with Crippen molar-refractivity contribution in [1.29, 1.82) is 0 Å². The summed E-state index contributed by atoms with van der Waals surface area (Å²) in [4.78, 5) is 44.6. The van der Waals surface area contributed by atoms with Crippen LogP contribution in [-0.4, -0.2) is 28.5 Å². The molecule has 0 aromatic heterocycles. The second-order valence-corrected chi connectivity index (χ2v) is 9.49. The summed E-state index contributed by atoms with van der Waals surface area (Å²) in [5.41, 5.74) is 4.00. The minimum atomic E-state index is -0.785. The van der Waals surface area contributed by atoms with E-state index < -0.39 is 17.9 Å². The lowest BCUT2D eigenvalue weighted by Gasteiger charge is -2.35. The van der Waals surface area contributed by atoms with E-state index in [-0.39, 0.29) is 23.6 Å². The summed E-state index contributed by atoms with van der Waals surface area (Å²) in [6, 6.07) is 20.7. The van der Waals surface area contributed by atoms with Gasteiger partial charge in [0.1, 0.15) is 6.04 Å². The van der Waals surface area contributed by atoms with E-state index in [9.17, 15) is 14.4 Å². The first-order chi connectivity index (χ1) is 16.5. The maximum atomic E-state index is 13.8. The number of hydrogen-bond donors (Lipinski definition) is 0. The van der Waals surface area contributed by atoms with Crippen molar-refractivity contribution in [3.63, 3.8) is 0 Å². The Hall–Kier alpha value is -3.70. The van der Waals surface area contributed by atoms with Crippen molar-refractivity contribution < 1.29 is 14.4 Å². The van der Waals surface area contributed by atoms with E-state index in [0.717, 1.165) is 16.7 Å². The number of rotatable bonds is 3. The zero-order valence-corrected chi connectivity index (χ0v) is 19.1. The van der Waals surface area contributed by atoms with Crippen LogP contribution >= 0.6 is 11.6 Å². The fraction of sp³-hybridized carbons (Fsp3) is 0.179. The monoisotopic (exact) mass is 468 g/mol. The van der Waals surface area contributed by atoms with Crippen molar-refractivity contribution in [1.82, 2.24) is 4.90 Å². The maximum absolute atomic E-state index is 13.8. The number of fused-ring (bicyclic) bond motifs is 5. The number of hydrogen-bond acceptors (Lipinski definition) is 4. The van der Waals surface area contributed by atoms with Crippen molar-refractivity contribution in [2.75, 3.05) is 4.90 Å². The molecule has 3 aliphatic rings. The quantitative estimate of drug-likeness (QED) is 0.399. The van der Waals surface area contributed by atoms with Crippen LogP contribution in [0, 0.1) is 18.8 Å².